The molecule has 4 heteroatoms. The number of methoxy groups -OCH3 is 1. The van der Waals surface area contributed by atoms with Gasteiger partial charge in [-0.15, -0.1) is 11.3 Å². The Bertz CT molecular complexity index is 310. The fraction of sp³-hybridized carbons (Fsp3) is 0.667. The molecule has 0 aliphatic carbocycles. The largest absolute Gasteiger partial charge is 0.385 e. The SMILES string of the molecule is COCCNCCC(C)(O)c1ccc(C)s1. The van der Waals surface area contributed by atoms with Gasteiger partial charge in [0.05, 0.1) is 12.2 Å². The number of aryl methyl sites for hydroxylation is 1. The highest BCUT2D eigenvalue weighted by atomic mass is 32.1. The van der Waals surface area contributed by atoms with Gasteiger partial charge in [0.25, 0.3) is 0 Å². The van der Waals surface area contributed by atoms with Crippen LogP contribution in [0.15, 0.2) is 12.1 Å². The third-order valence-electron chi connectivity index (χ3n) is 2.54. The van der Waals surface area contributed by atoms with E-state index in [9.17, 15) is 5.11 Å². The van der Waals surface area contributed by atoms with Crippen molar-refractivity contribution < 1.29 is 9.84 Å². The molecule has 1 unspecified atom stereocenters. The molecule has 1 aromatic rings. The van der Waals surface area contributed by atoms with Crippen molar-refractivity contribution in [3.05, 3.63) is 21.9 Å². The smallest absolute Gasteiger partial charge is 0.0972 e. The van der Waals surface area contributed by atoms with Crippen LogP contribution >= 0.6 is 11.3 Å². The van der Waals surface area contributed by atoms with E-state index in [-0.39, 0.29) is 0 Å². The van der Waals surface area contributed by atoms with Gasteiger partial charge in [-0.1, -0.05) is 0 Å². The average molecular weight is 243 g/mol. The maximum absolute atomic E-state index is 10.3. The van der Waals surface area contributed by atoms with Crippen molar-refractivity contribution in [2.45, 2.75) is 25.9 Å². The monoisotopic (exact) mass is 243 g/mol. The third kappa shape index (κ3) is 4.22. The first-order chi connectivity index (χ1) is 7.56. The number of thiophene rings is 1. The molecule has 3 nitrogen and oxygen atoms in total. The summed E-state index contributed by atoms with van der Waals surface area (Å²) in [5.41, 5.74) is -0.723. The van der Waals surface area contributed by atoms with E-state index in [0.717, 1.165) is 24.4 Å². The van der Waals surface area contributed by atoms with E-state index in [1.165, 1.54) is 4.88 Å². The summed E-state index contributed by atoms with van der Waals surface area (Å²) in [5, 5.41) is 13.5. The van der Waals surface area contributed by atoms with Crippen LogP contribution in [-0.2, 0) is 10.3 Å². The fourth-order valence-electron chi connectivity index (χ4n) is 1.48. The second-order valence-electron chi connectivity index (χ2n) is 4.18. The molecule has 0 spiro atoms. The number of nitrogens with one attached hydrogen (secondary N) is 1. The molecule has 0 radical (unpaired) electrons. The zero-order chi connectivity index (χ0) is 12.0. The minimum atomic E-state index is -0.723. The molecule has 0 bridgehead atoms. The average Bonchev–Trinajstić information content (AvgIpc) is 2.65. The van der Waals surface area contributed by atoms with Crippen molar-refractivity contribution in [3.8, 4) is 0 Å². The molecule has 16 heavy (non-hydrogen) atoms. The second kappa shape index (κ2) is 6.35. The Kier molecular flexibility index (Phi) is 5.41. The van der Waals surface area contributed by atoms with Crippen molar-refractivity contribution in [1.29, 1.82) is 0 Å². The molecule has 1 rings (SSSR count). The Morgan fingerprint density at radius 1 is 1.44 bits per heavy atom. The van der Waals surface area contributed by atoms with Crippen molar-refractivity contribution >= 4 is 11.3 Å². The van der Waals surface area contributed by atoms with Crippen molar-refractivity contribution in [2.24, 2.45) is 0 Å². The lowest BCUT2D eigenvalue weighted by Crippen LogP contribution is -2.28. The van der Waals surface area contributed by atoms with E-state index in [1.807, 2.05) is 19.1 Å². The highest BCUT2D eigenvalue weighted by molar-refractivity contribution is 7.12. The number of hydrogen-bond donors (Lipinski definition) is 2. The van der Waals surface area contributed by atoms with Crippen LogP contribution in [0.25, 0.3) is 0 Å². The number of rotatable bonds is 7. The van der Waals surface area contributed by atoms with Crippen LogP contribution in [0.3, 0.4) is 0 Å². The molecule has 2 N–H and O–H groups in total. The molecular weight excluding hydrogens is 222 g/mol. The van der Waals surface area contributed by atoms with E-state index in [0.29, 0.717) is 6.61 Å². The lowest BCUT2D eigenvalue weighted by molar-refractivity contribution is 0.0512. The van der Waals surface area contributed by atoms with Gasteiger partial charge in [-0.3, -0.25) is 0 Å². The highest BCUT2D eigenvalue weighted by Crippen LogP contribution is 2.30. The molecule has 1 heterocycles. The predicted octanol–water partition coefficient (Wildman–Crippen LogP) is 1.89. The zero-order valence-electron chi connectivity index (χ0n) is 10.2. The fourth-order valence-corrected chi connectivity index (χ4v) is 2.42. The molecule has 92 valence electrons. The van der Waals surface area contributed by atoms with Crippen LogP contribution in [0.1, 0.15) is 23.1 Å². The summed E-state index contributed by atoms with van der Waals surface area (Å²) < 4.78 is 4.94. The molecule has 1 aromatic heterocycles. The normalized spacial score (nSPS) is 15.0. The summed E-state index contributed by atoms with van der Waals surface area (Å²) >= 11 is 1.66. The number of aliphatic hydroxyl groups is 1. The van der Waals surface area contributed by atoms with Gasteiger partial charge >= 0.3 is 0 Å². The van der Waals surface area contributed by atoms with E-state index >= 15 is 0 Å². The summed E-state index contributed by atoms with van der Waals surface area (Å²) in [6.07, 6.45) is 0.719. The molecule has 0 aromatic carbocycles. The summed E-state index contributed by atoms with van der Waals surface area (Å²) in [6, 6.07) is 4.06. The van der Waals surface area contributed by atoms with Crippen molar-refractivity contribution in [2.75, 3.05) is 26.8 Å². The molecule has 0 saturated heterocycles. The van der Waals surface area contributed by atoms with Crippen LogP contribution in [0.5, 0.6) is 0 Å². The van der Waals surface area contributed by atoms with Crippen molar-refractivity contribution in [1.82, 2.24) is 5.32 Å². The first-order valence-electron chi connectivity index (χ1n) is 5.55. The standard InChI is InChI=1S/C12H21NO2S/c1-10-4-5-11(16-10)12(2,14)6-7-13-8-9-15-3/h4-5,13-14H,6-9H2,1-3H3. The van der Waals surface area contributed by atoms with E-state index in [2.05, 4.69) is 12.2 Å². The van der Waals surface area contributed by atoms with Crippen molar-refractivity contribution in [3.63, 3.8) is 0 Å². The van der Waals surface area contributed by atoms with Gasteiger partial charge in [0.15, 0.2) is 0 Å². The molecular formula is C12H21NO2S. The quantitative estimate of drug-likeness (QED) is 0.719. The molecule has 0 aliphatic rings. The summed E-state index contributed by atoms with van der Waals surface area (Å²) in [6.45, 7) is 6.26. The van der Waals surface area contributed by atoms with Crippen LogP contribution in [0, 0.1) is 6.92 Å². The first-order valence-corrected chi connectivity index (χ1v) is 6.37. The highest BCUT2D eigenvalue weighted by Gasteiger charge is 2.23. The maximum atomic E-state index is 10.3. The van der Waals surface area contributed by atoms with Gasteiger partial charge in [0, 0.05) is 23.4 Å². The number of ether oxygens (including phenoxy) is 1. The maximum Gasteiger partial charge on any atom is 0.0972 e. The van der Waals surface area contributed by atoms with Crippen LogP contribution < -0.4 is 5.32 Å². The van der Waals surface area contributed by atoms with Gasteiger partial charge in [-0.2, -0.15) is 0 Å². The van der Waals surface area contributed by atoms with Gasteiger partial charge in [0.2, 0.25) is 0 Å². The van der Waals surface area contributed by atoms with E-state index in [4.69, 9.17) is 4.74 Å². The van der Waals surface area contributed by atoms with E-state index < -0.39 is 5.60 Å². The number of hydrogen-bond acceptors (Lipinski definition) is 4. The van der Waals surface area contributed by atoms with Crippen LogP contribution in [-0.4, -0.2) is 31.9 Å². The molecule has 0 amide bonds. The Hall–Kier alpha value is -0.420. The molecule has 0 fully saturated rings. The lowest BCUT2D eigenvalue weighted by Gasteiger charge is -2.22. The Morgan fingerprint density at radius 3 is 2.75 bits per heavy atom. The minimum absolute atomic E-state index is 0.709. The molecule has 0 aliphatic heterocycles. The minimum Gasteiger partial charge on any atom is -0.385 e. The van der Waals surface area contributed by atoms with Gasteiger partial charge < -0.3 is 15.2 Å². The Morgan fingerprint density at radius 2 is 2.19 bits per heavy atom. The first kappa shape index (κ1) is 13.6. The van der Waals surface area contributed by atoms with Crippen LogP contribution in [0.2, 0.25) is 0 Å². The molecule has 1 atom stereocenters. The Labute approximate surface area is 101 Å². The van der Waals surface area contributed by atoms with Gasteiger partial charge in [0.1, 0.15) is 0 Å². The van der Waals surface area contributed by atoms with Gasteiger partial charge in [-0.05, 0) is 38.9 Å². The van der Waals surface area contributed by atoms with Gasteiger partial charge in [-0.25, -0.2) is 0 Å². The topological polar surface area (TPSA) is 41.5 Å². The zero-order valence-corrected chi connectivity index (χ0v) is 11.1. The predicted molar refractivity (Wildman–Crippen MR) is 68.0 cm³/mol. The third-order valence-corrected chi connectivity index (χ3v) is 3.80. The lowest BCUT2D eigenvalue weighted by atomic mass is 10.0. The second-order valence-corrected chi connectivity index (χ2v) is 5.46. The summed E-state index contributed by atoms with van der Waals surface area (Å²) in [4.78, 5) is 2.28. The summed E-state index contributed by atoms with van der Waals surface area (Å²) in [5.74, 6) is 0. The van der Waals surface area contributed by atoms with Crippen LogP contribution in [0.4, 0.5) is 0 Å². The summed E-state index contributed by atoms with van der Waals surface area (Å²) in [7, 11) is 1.69. The molecule has 0 saturated carbocycles. The Balaban J connectivity index is 2.34. The van der Waals surface area contributed by atoms with E-state index in [1.54, 1.807) is 18.4 Å².